The molecule has 0 aliphatic carbocycles. The number of carbonyl (C=O) groups excluding carboxylic acids is 1. The van der Waals surface area contributed by atoms with Crippen LogP contribution in [0.2, 0.25) is 0 Å². The molecule has 0 amide bonds. The monoisotopic (exact) mass is 670 g/mol. The minimum Gasteiger partial charge on any atom is -0.504 e. The maximum atomic E-state index is 13.1. The third kappa shape index (κ3) is 6.45. The molecule has 254 valence electrons. The highest BCUT2D eigenvalue weighted by Gasteiger charge is 2.48. The van der Waals surface area contributed by atoms with Gasteiger partial charge in [0.05, 0.1) is 20.8 Å². The number of phenolic OH excluding ortho intramolecular Hbond substituents is 5. The molecule has 0 saturated carbocycles. The first-order chi connectivity index (χ1) is 22.9. The fraction of sp³-hybridized carbons (Fsp3) is 0.250. The van der Waals surface area contributed by atoms with E-state index >= 15 is 0 Å². The number of ether oxygens (including phenoxy) is 5. The van der Waals surface area contributed by atoms with Crippen LogP contribution in [0, 0.1) is 0 Å². The number of hydrogen-bond donors (Lipinski definition) is 8. The van der Waals surface area contributed by atoms with Crippen molar-refractivity contribution in [2.45, 2.75) is 30.7 Å². The summed E-state index contributed by atoms with van der Waals surface area (Å²) < 4.78 is 32.3. The molecule has 4 aromatic rings. The number of esters is 1. The largest absolute Gasteiger partial charge is 0.504 e. The number of aliphatic hydroxyl groups excluding tert-OH is 3. The van der Waals surface area contributed by atoms with Crippen LogP contribution in [-0.2, 0) is 14.3 Å². The molecule has 1 saturated heterocycles. The average Bonchev–Trinajstić information content (AvgIpc) is 3.06. The maximum absolute atomic E-state index is 13.1. The Morgan fingerprint density at radius 3 is 2.19 bits per heavy atom. The number of aliphatic hydroxyl groups is 3. The number of benzene rings is 3. The molecule has 0 spiro atoms. The zero-order valence-electron chi connectivity index (χ0n) is 25.1. The molecule has 5 rings (SSSR count). The molecule has 3 aromatic carbocycles. The molecule has 1 aliphatic heterocycles. The number of hydrogen-bond acceptors (Lipinski definition) is 16. The molecule has 2 heterocycles. The third-order valence-electron chi connectivity index (χ3n) is 7.41. The van der Waals surface area contributed by atoms with Gasteiger partial charge in [0.15, 0.2) is 46.0 Å². The van der Waals surface area contributed by atoms with Gasteiger partial charge in [-0.1, -0.05) is 0 Å². The van der Waals surface area contributed by atoms with Crippen molar-refractivity contribution in [1.82, 2.24) is 0 Å². The van der Waals surface area contributed by atoms with Crippen LogP contribution >= 0.6 is 0 Å². The molecule has 1 aromatic heterocycles. The minimum atomic E-state index is -1.91. The molecule has 5 atom stereocenters. The predicted octanol–water partition coefficient (Wildman–Crippen LogP) is 1.45. The van der Waals surface area contributed by atoms with E-state index in [2.05, 4.69) is 0 Å². The van der Waals surface area contributed by atoms with E-state index in [1.54, 1.807) is 0 Å². The van der Waals surface area contributed by atoms with Crippen LogP contribution in [0.1, 0.15) is 5.56 Å². The summed E-state index contributed by atoms with van der Waals surface area (Å²) in [4.78, 5) is 25.9. The van der Waals surface area contributed by atoms with Crippen molar-refractivity contribution in [2.24, 2.45) is 0 Å². The molecule has 0 unspecified atom stereocenters. The van der Waals surface area contributed by atoms with Gasteiger partial charge >= 0.3 is 5.97 Å². The zero-order valence-corrected chi connectivity index (χ0v) is 25.1. The average molecular weight is 671 g/mol. The number of aromatic hydroxyl groups is 5. The summed E-state index contributed by atoms with van der Waals surface area (Å²) >= 11 is 0. The van der Waals surface area contributed by atoms with E-state index in [0.717, 1.165) is 30.3 Å². The first kappa shape index (κ1) is 33.7. The van der Waals surface area contributed by atoms with Gasteiger partial charge in [0, 0.05) is 23.8 Å². The van der Waals surface area contributed by atoms with Crippen LogP contribution in [-0.4, -0.2) is 98.4 Å². The quantitative estimate of drug-likeness (QED) is 0.0712. The Bertz CT molecular complexity index is 1910. The van der Waals surface area contributed by atoms with Crippen molar-refractivity contribution in [2.75, 3.05) is 20.8 Å². The smallest absolute Gasteiger partial charge is 0.331 e. The van der Waals surface area contributed by atoms with Crippen molar-refractivity contribution in [1.29, 1.82) is 0 Å². The van der Waals surface area contributed by atoms with E-state index in [-0.39, 0.29) is 34.2 Å². The molecule has 8 N–H and O–H groups in total. The van der Waals surface area contributed by atoms with Gasteiger partial charge < -0.3 is 69.0 Å². The van der Waals surface area contributed by atoms with Crippen LogP contribution in [0.15, 0.2) is 57.8 Å². The predicted molar refractivity (Wildman–Crippen MR) is 163 cm³/mol. The molecule has 1 fully saturated rings. The van der Waals surface area contributed by atoms with Crippen molar-refractivity contribution in [3.8, 4) is 57.3 Å². The van der Waals surface area contributed by atoms with Crippen molar-refractivity contribution in [3.05, 3.63) is 64.3 Å². The molecular weight excluding hydrogens is 640 g/mol. The topological polar surface area (TPSA) is 255 Å². The lowest BCUT2D eigenvalue weighted by atomic mass is 9.99. The summed E-state index contributed by atoms with van der Waals surface area (Å²) in [6, 6.07) is 8.33. The van der Waals surface area contributed by atoms with Gasteiger partial charge in [0.2, 0.25) is 17.8 Å². The fourth-order valence-corrected chi connectivity index (χ4v) is 4.95. The lowest BCUT2D eigenvalue weighted by Gasteiger charge is -2.41. The lowest BCUT2D eigenvalue weighted by molar-refractivity contribution is -0.281. The Morgan fingerprint density at radius 2 is 1.56 bits per heavy atom. The van der Waals surface area contributed by atoms with Crippen LogP contribution < -0.4 is 19.6 Å². The highest BCUT2D eigenvalue weighted by atomic mass is 16.7. The van der Waals surface area contributed by atoms with Gasteiger partial charge in [-0.25, -0.2) is 4.79 Å². The second kappa shape index (κ2) is 13.6. The summed E-state index contributed by atoms with van der Waals surface area (Å²) in [5.74, 6) is -4.73. The van der Waals surface area contributed by atoms with Gasteiger partial charge in [0.1, 0.15) is 35.0 Å². The van der Waals surface area contributed by atoms with Crippen LogP contribution in [0.3, 0.4) is 0 Å². The van der Waals surface area contributed by atoms with Crippen LogP contribution in [0.5, 0.6) is 46.0 Å². The van der Waals surface area contributed by atoms with Crippen molar-refractivity contribution >= 4 is 23.0 Å². The van der Waals surface area contributed by atoms with Crippen molar-refractivity contribution in [3.63, 3.8) is 0 Å². The number of carbonyl (C=O) groups is 1. The molecule has 0 bridgehead atoms. The van der Waals surface area contributed by atoms with Gasteiger partial charge in [-0.15, -0.1) is 0 Å². The fourth-order valence-electron chi connectivity index (χ4n) is 4.95. The number of rotatable bonds is 9. The van der Waals surface area contributed by atoms with Crippen LogP contribution in [0.4, 0.5) is 0 Å². The molecule has 48 heavy (non-hydrogen) atoms. The number of phenols is 5. The first-order valence-corrected chi connectivity index (χ1v) is 14.0. The second-order valence-electron chi connectivity index (χ2n) is 10.5. The Balaban J connectivity index is 1.45. The van der Waals surface area contributed by atoms with E-state index in [1.807, 2.05) is 0 Å². The highest BCUT2D eigenvalue weighted by Crippen LogP contribution is 2.44. The highest BCUT2D eigenvalue weighted by molar-refractivity contribution is 5.90. The zero-order chi connectivity index (χ0) is 34.9. The summed E-state index contributed by atoms with van der Waals surface area (Å²) in [5, 5.41) is 81.8. The van der Waals surface area contributed by atoms with E-state index < -0.39 is 82.8 Å². The van der Waals surface area contributed by atoms with E-state index in [1.165, 1.54) is 38.5 Å². The summed E-state index contributed by atoms with van der Waals surface area (Å²) in [5.41, 5.74) is -0.604. The van der Waals surface area contributed by atoms with Gasteiger partial charge in [0.25, 0.3) is 0 Å². The van der Waals surface area contributed by atoms with Gasteiger partial charge in [-0.05, 0) is 42.0 Å². The standard InChI is InChI=1S/C32H30O16/c1-43-21-7-13(8-22(44-2)26(21)39)3-6-24(38)47-31-29(42)27(40)23(12-33)46-32(31)48-30-18(37)11-20-25(28(30)41)17(36)10-19(45-20)14-4-5-15(34)16(35)9-14/h3-11,23,27,29,31-35,37,39-42H,12H2,1-2H3/b6-3+/t23-,27-,29+,31-,32+/m1/s1. The second-order valence-corrected chi connectivity index (χ2v) is 10.5. The summed E-state index contributed by atoms with van der Waals surface area (Å²) in [6.45, 7) is -0.821. The number of fused-ring (bicyclic) bond motifs is 1. The molecule has 0 radical (unpaired) electrons. The third-order valence-corrected chi connectivity index (χ3v) is 7.41. The summed E-state index contributed by atoms with van der Waals surface area (Å²) in [7, 11) is 2.62. The molecule has 1 aliphatic rings. The Labute approximate surface area is 270 Å². The Kier molecular flexibility index (Phi) is 9.53. The van der Waals surface area contributed by atoms with Crippen LogP contribution in [0.25, 0.3) is 28.4 Å². The lowest BCUT2D eigenvalue weighted by Crippen LogP contribution is -2.61. The summed E-state index contributed by atoms with van der Waals surface area (Å²) in [6.07, 6.45) is -6.64. The molecular formula is C32H30O16. The van der Waals surface area contributed by atoms with Crippen molar-refractivity contribution < 1.29 is 73.7 Å². The normalized spacial score (nSPS) is 20.9. The SMILES string of the molecule is COc1cc(/C=C/C(=O)O[C@H]2[C@H](Oc3c(O)cc4oc(-c5ccc(O)c(O)c5)cc(=O)c4c3O)O[C@H](CO)[C@@H](O)[C@@H]2O)cc(OC)c1O. The molecule has 16 nitrogen and oxygen atoms in total. The van der Waals surface area contributed by atoms with E-state index in [9.17, 15) is 50.4 Å². The Hall–Kier alpha value is -5.68. The minimum absolute atomic E-state index is 0.0463. The van der Waals surface area contributed by atoms with Gasteiger partial charge in [-0.3, -0.25) is 4.79 Å². The Morgan fingerprint density at radius 1 is 0.875 bits per heavy atom. The maximum Gasteiger partial charge on any atom is 0.331 e. The first-order valence-electron chi connectivity index (χ1n) is 14.0. The van der Waals surface area contributed by atoms with Gasteiger partial charge in [-0.2, -0.15) is 0 Å². The molecule has 16 heteroatoms. The number of methoxy groups -OCH3 is 2. The van der Waals surface area contributed by atoms with E-state index in [4.69, 9.17) is 28.1 Å². The van der Waals surface area contributed by atoms with E-state index in [0.29, 0.717) is 5.56 Å².